The fourth-order valence-corrected chi connectivity index (χ4v) is 3.18. The molecule has 1 atom stereocenters. The predicted molar refractivity (Wildman–Crippen MR) is 88.3 cm³/mol. The average molecular weight is 419 g/mol. The first-order valence-electron chi connectivity index (χ1n) is 6.63. The maximum atomic E-state index is 14.1. The number of hydrogen-bond acceptors (Lipinski definition) is 1. The minimum absolute atomic E-state index is 0.207. The predicted octanol–water partition coefficient (Wildman–Crippen LogP) is 5.38. The van der Waals surface area contributed by atoms with Crippen LogP contribution < -0.4 is 5.32 Å². The molecule has 0 aliphatic rings. The quantitative estimate of drug-likeness (QED) is 0.686. The molecule has 0 spiro atoms. The van der Waals surface area contributed by atoms with Gasteiger partial charge in [-0.05, 0) is 54.9 Å². The van der Waals surface area contributed by atoms with E-state index in [2.05, 4.69) is 37.2 Å². The molecular formula is C16H15Br2F2N. The van der Waals surface area contributed by atoms with Crippen molar-refractivity contribution in [3.63, 3.8) is 0 Å². The number of hydrogen-bond donors (Lipinski definition) is 1. The molecule has 0 fully saturated rings. The zero-order valence-corrected chi connectivity index (χ0v) is 14.6. The van der Waals surface area contributed by atoms with Gasteiger partial charge in [0.25, 0.3) is 0 Å². The number of halogens is 4. The van der Waals surface area contributed by atoms with Crippen molar-refractivity contribution in [3.8, 4) is 0 Å². The third-order valence-electron chi connectivity index (χ3n) is 3.15. The van der Waals surface area contributed by atoms with Crippen LogP contribution >= 0.6 is 31.9 Å². The van der Waals surface area contributed by atoms with Crippen LogP contribution in [0.15, 0.2) is 45.3 Å². The molecule has 0 aromatic heterocycles. The van der Waals surface area contributed by atoms with E-state index in [1.165, 1.54) is 18.2 Å². The van der Waals surface area contributed by atoms with Crippen LogP contribution in [0.2, 0.25) is 0 Å². The topological polar surface area (TPSA) is 12.0 Å². The lowest BCUT2D eigenvalue weighted by molar-refractivity contribution is 0.508. The van der Waals surface area contributed by atoms with Gasteiger partial charge in [0, 0.05) is 20.6 Å². The summed E-state index contributed by atoms with van der Waals surface area (Å²) in [6.45, 7) is 2.66. The van der Waals surface area contributed by atoms with Crippen LogP contribution in [0.3, 0.4) is 0 Å². The van der Waals surface area contributed by atoms with Gasteiger partial charge in [0.2, 0.25) is 0 Å². The Balaban J connectivity index is 2.32. The van der Waals surface area contributed by atoms with E-state index in [9.17, 15) is 8.78 Å². The Kier molecular flexibility index (Phi) is 5.90. The monoisotopic (exact) mass is 417 g/mol. The third-order valence-corrected chi connectivity index (χ3v) is 4.10. The van der Waals surface area contributed by atoms with Crippen LogP contribution in [0.1, 0.15) is 24.1 Å². The second-order valence-electron chi connectivity index (χ2n) is 4.76. The molecule has 1 N–H and O–H groups in total. The molecule has 112 valence electrons. The molecule has 2 aromatic carbocycles. The maximum Gasteiger partial charge on any atom is 0.128 e. The van der Waals surface area contributed by atoms with E-state index in [1.807, 2.05) is 13.0 Å². The van der Waals surface area contributed by atoms with Crippen molar-refractivity contribution in [1.29, 1.82) is 0 Å². The van der Waals surface area contributed by atoms with Gasteiger partial charge in [0.05, 0.1) is 0 Å². The highest BCUT2D eigenvalue weighted by molar-refractivity contribution is 9.10. The molecule has 2 aromatic rings. The number of rotatable bonds is 5. The van der Waals surface area contributed by atoms with Crippen molar-refractivity contribution in [2.45, 2.75) is 19.4 Å². The number of nitrogens with one attached hydrogen (secondary N) is 1. The Bertz CT molecular complexity index is 611. The van der Waals surface area contributed by atoms with Crippen molar-refractivity contribution < 1.29 is 8.78 Å². The Morgan fingerprint density at radius 2 is 1.81 bits per heavy atom. The van der Waals surface area contributed by atoms with E-state index in [1.54, 1.807) is 12.1 Å². The van der Waals surface area contributed by atoms with Crippen molar-refractivity contribution in [3.05, 3.63) is 68.1 Å². The molecule has 0 heterocycles. The van der Waals surface area contributed by atoms with Crippen LogP contribution in [0, 0.1) is 11.6 Å². The largest absolute Gasteiger partial charge is 0.310 e. The van der Waals surface area contributed by atoms with Crippen molar-refractivity contribution in [2.24, 2.45) is 0 Å². The molecule has 0 saturated carbocycles. The van der Waals surface area contributed by atoms with Crippen LogP contribution in [-0.2, 0) is 6.42 Å². The number of benzene rings is 2. The molecule has 0 saturated heterocycles. The van der Waals surface area contributed by atoms with Crippen LogP contribution in [0.5, 0.6) is 0 Å². The van der Waals surface area contributed by atoms with E-state index in [-0.39, 0.29) is 17.7 Å². The molecule has 0 aliphatic heterocycles. The smallest absolute Gasteiger partial charge is 0.128 e. The molecule has 1 unspecified atom stereocenters. The summed E-state index contributed by atoms with van der Waals surface area (Å²) in [5.41, 5.74) is 1.39. The van der Waals surface area contributed by atoms with Gasteiger partial charge >= 0.3 is 0 Å². The standard InChI is InChI=1S/C16H15Br2F2N/c1-2-21-16(14-9-11(17)3-4-15(14)20)7-10-5-12(18)8-13(19)6-10/h3-6,8-9,16,21H,2,7H2,1H3. The summed E-state index contributed by atoms with van der Waals surface area (Å²) in [4.78, 5) is 0. The Morgan fingerprint density at radius 1 is 1.05 bits per heavy atom. The van der Waals surface area contributed by atoms with E-state index in [0.717, 1.165) is 10.0 Å². The molecule has 1 nitrogen and oxygen atoms in total. The Hall–Kier alpha value is -0.780. The summed E-state index contributed by atoms with van der Waals surface area (Å²) in [5, 5.41) is 3.26. The minimum atomic E-state index is -0.302. The summed E-state index contributed by atoms with van der Waals surface area (Å²) >= 11 is 6.64. The molecular weight excluding hydrogens is 404 g/mol. The lowest BCUT2D eigenvalue weighted by Crippen LogP contribution is -2.24. The van der Waals surface area contributed by atoms with Crippen LogP contribution in [-0.4, -0.2) is 6.54 Å². The van der Waals surface area contributed by atoms with Gasteiger partial charge in [0.15, 0.2) is 0 Å². The van der Waals surface area contributed by atoms with E-state index in [4.69, 9.17) is 0 Å². The molecule has 5 heteroatoms. The molecule has 0 bridgehead atoms. The highest BCUT2D eigenvalue weighted by atomic mass is 79.9. The zero-order chi connectivity index (χ0) is 15.4. The fraction of sp³-hybridized carbons (Fsp3) is 0.250. The molecule has 0 amide bonds. The van der Waals surface area contributed by atoms with Crippen LogP contribution in [0.4, 0.5) is 8.78 Å². The normalized spacial score (nSPS) is 12.4. The number of likely N-dealkylation sites (N-methyl/N-ethyl adjacent to an activating group) is 1. The van der Waals surface area contributed by atoms with E-state index < -0.39 is 0 Å². The lowest BCUT2D eigenvalue weighted by atomic mass is 9.98. The molecule has 0 aliphatic carbocycles. The van der Waals surface area contributed by atoms with E-state index >= 15 is 0 Å². The summed E-state index contributed by atoms with van der Waals surface area (Å²) in [6, 6.07) is 9.39. The van der Waals surface area contributed by atoms with Gasteiger partial charge in [-0.2, -0.15) is 0 Å². The minimum Gasteiger partial charge on any atom is -0.310 e. The van der Waals surface area contributed by atoms with Crippen LogP contribution in [0.25, 0.3) is 0 Å². The summed E-state index contributed by atoms with van der Waals surface area (Å²) < 4.78 is 29.0. The second-order valence-corrected chi connectivity index (χ2v) is 6.59. The highest BCUT2D eigenvalue weighted by Crippen LogP contribution is 2.26. The maximum absolute atomic E-state index is 14.1. The molecule has 0 radical (unpaired) electrons. The first kappa shape index (κ1) is 16.6. The third kappa shape index (κ3) is 4.59. The summed E-state index contributed by atoms with van der Waals surface area (Å²) in [6.07, 6.45) is 0.511. The van der Waals surface area contributed by atoms with Gasteiger partial charge in [-0.3, -0.25) is 0 Å². The van der Waals surface area contributed by atoms with Gasteiger partial charge in [-0.1, -0.05) is 38.8 Å². The van der Waals surface area contributed by atoms with Gasteiger partial charge in [-0.15, -0.1) is 0 Å². The van der Waals surface area contributed by atoms with Crippen molar-refractivity contribution in [1.82, 2.24) is 5.32 Å². The summed E-state index contributed by atoms with van der Waals surface area (Å²) in [5.74, 6) is -0.566. The van der Waals surface area contributed by atoms with Crippen molar-refractivity contribution in [2.75, 3.05) is 6.54 Å². The first-order valence-corrected chi connectivity index (χ1v) is 8.21. The highest BCUT2D eigenvalue weighted by Gasteiger charge is 2.16. The Labute approximate surface area is 140 Å². The zero-order valence-electron chi connectivity index (χ0n) is 11.5. The summed E-state index contributed by atoms with van der Waals surface area (Å²) in [7, 11) is 0. The molecule has 21 heavy (non-hydrogen) atoms. The fourth-order valence-electron chi connectivity index (χ4n) is 2.28. The second kappa shape index (κ2) is 7.47. The van der Waals surface area contributed by atoms with Crippen molar-refractivity contribution >= 4 is 31.9 Å². The van der Waals surface area contributed by atoms with Gasteiger partial charge in [-0.25, -0.2) is 8.78 Å². The Morgan fingerprint density at radius 3 is 2.48 bits per heavy atom. The molecule has 2 rings (SSSR count). The van der Waals surface area contributed by atoms with Gasteiger partial charge < -0.3 is 5.32 Å². The van der Waals surface area contributed by atoms with Gasteiger partial charge in [0.1, 0.15) is 11.6 Å². The lowest BCUT2D eigenvalue weighted by Gasteiger charge is -2.19. The SMILES string of the molecule is CCNC(Cc1cc(F)cc(Br)c1)c1cc(Br)ccc1F. The van der Waals surface area contributed by atoms with E-state index in [0.29, 0.717) is 23.0 Å². The first-order chi connectivity index (χ1) is 9.99. The average Bonchev–Trinajstić information content (AvgIpc) is 2.40.